The zero-order chi connectivity index (χ0) is 26.0. The molecule has 1 fully saturated rings. The second-order valence-corrected chi connectivity index (χ2v) is 9.32. The fourth-order valence-corrected chi connectivity index (χ4v) is 4.35. The maximum absolute atomic E-state index is 15.8. The largest absolute Gasteiger partial charge is 0.478 e. The summed E-state index contributed by atoms with van der Waals surface area (Å²) in [7, 11) is 1.45. The number of pyridine rings is 2. The zero-order valence-electron chi connectivity index (χ0n) is 20.3. The van der Waals surface area contributed by atoms with Gasteiger partial charge in [-0.25, -0.2) is 13.8 Å². The molecular weight excluding hydrogens is 492 g/mol. The molecule has 1 aliphatic rings. The van der Waals surface area contributed by atoms with E-state index in [0.29, 0.717) is 48.0 Å². The van der Waals surface area contributed by atoms with Gasteiger partial charge >= 0.3 is 0 Å². The van der Waals surface area contributed by atoms with Gasteiger partial charge in [0, 0.05) is 37.6 Å². The maximum Gasteiger partial charge on any atom is 0.293 e. The number of hydrogen-bond donors (Lipinski definition) is 2. The van der Waals surface area contributed by atoms with Crippen molar-refractivity contribution in [3.63, 3.8) is 0 Å². The van der Waals surface area contributed by atoms with Crippen LogP contribution in [-0.2, 0) is 4.79 Å². The van der Waals surface area contributed by atoms with Crippen molar-refractivity contribution in [2.75, 3.05) is 37.0 Å². The summed E-state index contributed by atoms with van der Waals surface area (Å²) >= 11 is 6.35. The normalized spacial score (nSPS) is 14.4. The van der Waals surface area contributed by atoms with Crippen molar-refractivity contribution < 1.29 is 18.3 Å². The third-order valence-corrected chi connectivity index (χ3v) is 6.44. The molecule has 1 aliphatic heterocycles. The fraction of sp³-hybridized carbons (Fsp3) is 0.400. The minimum absolute atomic E-state index is 0.128. The number of ether oxygens (including phenoxy) is 1. The van der Waals surface area contributed by atoms with Gasteiger partial charge in [0.1, 0.15) is 12.0 Å². The van der Waals surface area contributed by atoms with Gasteiger partial charge in [-0.15, -0.1) is 0 Å². The van der Waals surface area contributed by atoms with Crippen LogP contribution in [0.4, 0.5) is 26.0 Å². The van der Waals surface area contributed by atoms with Crippen LogP contribution >= 0.6 is 11.6 Å². The van der Waals surface area contributed by atoms with Crippen LogP contribution in [0.25, 0.3) is 10.9 Å². The SMILES string of the molecule is CNC(=O)COc1cc2c(F)c(Nc3cc(N4CCC(F)CC4)ncc3Cl)ccc2n(C(C)C)c1=O. The van der Waals surface area contributed by atoms with E-state index in [1.165, 1.54) is 29.9 Å². The van der Waals surface area contributed by atoms with Crippen LogP contribution in [0.5, 0.6) is 5.75 Å². The number of anilines is 3. The number of amides is 1. The number of carbonyl (C=O) groups excluding carboxylic acids is 1. The molecule has 36 heavy (non-hydrogen) atoms. The van der Waals surface area contributed by atoms with Gasteiger partial charge in [-0.1, -0.05) is 11.6 Å². The Labute approximate surface area is 212 Å². The highest BCUT2D eigenvalue weighted by Gasteiger charge is 2.21. The van der Waals surface area contributed by atoms with E-state index in [1.807, 2.05) is 4.90 Å². The minimum atomic E-state index is -0.814. The van der Waals surface area contributed by atoms with Crippen LogP contribution in [0.15, 0.2) is 35.3 Å². The molecule has 192 valence electrons. The number of aromatic nitrogens is 2. The molecule has 0 atom stereocenters. The lowest BCUT2D eigenvalue weighted by atomic mass is 10.1. The molecule has 2 N–H and O–H groups in total. The highest BCUT2D eigenvalue weighted by Crippen LogP contribution is 2.33. The number of fused-ring (bicyclic) bond motifs is 1. The van der Waals surface area contributed by atoms with Crippen LogP contribution in [0.2, 0.25) is 5.02 Å². The second-order valence-electron chi connectivity index (χ2n) is 8.91. The lowest BCUT2D eigenvalue weighted by Crippen LogP contribution is -2.34. The highest BCUT2D eigenvalue weighted by molar-refractivity contribution is 6.33. The number of halogens is 3. The van der Waals surface area contributed by atoms with Crippen LogP contribution in [0.1, 0.15) is 32.7 Å². The Morgan fingerprint density at radius 3 is 2.64 bits per heavy atom. The predicted molar refractivity (Wildman–Crippen MR) is 137 cm³/mol. The van der Waals surface area contributed by atoms with Gasteiger partial charge in [0.2, 0.25) is 0 Å². The fourth-order valence-electron chi connectivity index (χ4n) is 4.20. The Balaban J connectivity index is 1.72. The van der Waals surface area contributed by atoms with E-state index >= 15 is 4.39 Å². The first-order valence-corrected chi connectivity index (χ1v) is 12.1. The van der Waals surface area contributed by atoms with Gasteiger partial charge in [0.05, 0.1) is 28.1 Å². The Kier molecular flexibility index (Phi) is 7.63. The van der Waals surface area contributed by atoms with E-state index in [0.717, 1.165) is 0 Å². The molecule has 1 saturated heterocycles. The Hall–Kier alpha value is -3.40. The molecule has 2 aromatic heterocycles. The van der Waals surface area contributed by atoms with Crippen LogP contribution in [-0.4, -0.2) is 48.4 Å². The summed E-state index contributed by atoms with van der Waals surface area (Å²) in [6.07, 6.45) is 1.51. The molecule has 11 heteroatoms. The smallest absolute Gasteiger partial charge is 0.293 e. The van der Waals surface area contributed by atoms with Crippen molar-refractivity contribution in [3.8, 4) is 5.75 Å². The van der Waals surface area contributed by atoms with Crippen molar-refractivity contribution in [1.29, 1.82) is 0 Å². The summed E-state index contributed by atoms with van der Waals surface area (Å²) in [5.74, 6) is -0.537. The van der Waals surface area contributed by atoms with E-state index in [4.69, 9.17) is 16.3 Å². The summed E-state index contributed by atoms with van der Waals surface area (Å²) in [5, 5.41) is 5.88. The van der Waals surface area contributed by atoms with Gasteiger partial charge in [0.25, 0.3) is 11.5 Å². The van der Waals surface area contributed by atoms with Gasteiger partial charge < -0.3 is 24.8 Å². The molecule has 0 saturated carbocycles. The molecule has 8 nitrogen and oxygen atoms in total. The summed E-state index contributed by atoms with van der Waals surface area (Å²) in [5.41, 5.74) is 0.507. The molecule has 0 radical (unpaired) electrons. The van der Waals surface area contributed by atoms with E-state index < -0.39 is 23.5 Å². The summed E-state index contributed by atoms with van der Waals surface area (Å²) in [6.45, 7) is 4.30. The number of piperidine rings is 1. The Morgan fingerprint density at radius 2 is 1.97 bits per heavy atom. The van der Waals surface area contributed by atoms with E-state index in [2.05, 4.69) is 15.6 Å². The molecule has 3 aromatic rings. The quantitative estimate of drug-likeness (QED) is 0.475. The third-order valence-electron chi connectivity index (χ3n) is 6.13. The monoisotopic (exact) mass is 519 g/mol. The number of alkyl halides is 1. The topological polar surface area (TPSA) is 88.5 Å². The summed E-state index contributed by atoms with van der Waals surface area (Å²) < 4.78 is 36.2. The zero-order valence-corrected chi connectivity index (χ0v) is 21.0. The third kappa shape index (κ3) is 5.23. The maximum atomic E-state index is 15.8. The van der Waals surface area contributed by atoms with E-state index in [9.17, 15) is 14.0 Å². The first-order chi connectivity index (χ1) is 17.2. The predicted octanol–water partition coefficient (Wildman–Crippen LogP) is 4.58. The van der Waals surface area contributed by atoms with Crippen LogP contribution in [0.3, 0.4) is 0 Å². The molecule has 3 heterocycles. The Morgan fingerprint density at radius 1 is 1.25 bits per heavy atom. The molecule has 0 bridgehead atoms. The van der Waals surface area contributed by atoms with E-state index in [1.54, 1.807) is 26.0 Å². The van der Waals surface area contributed by atoms with Crippen molar-refractivity contribution in [1.82, 2.24) is 14.9 Å². The number of likely N-dealkylation sites (N-methyl/N-ethyl adjacent to an activating group) is 1. The van der Waals surface area contributed by atoms with Crippen molar-refractivity contribution >= 4 is 45.6 Å². The average Bonchev–Trinajstić information content (AvgIpc) is 2.86. The van der Waals surface area contributed by atoms with Gasteiger partial charge in [-0.2, -0.15) is 0 Å². The standard InChI is InChI=1S/C25H28ClF2N5O3/c1-14(2)33-20-5-4-18(24(28)16(20)10-21(25(33)35)36-13-23(34)29-3)31-19-11-22(30-12-17(19)26)32-8-6-15(27)7-9-32/h4-5,10-12,14-15H,6-9,13H2,1-3H3,(H,29,34)(H,30,31). The minimum Gasteiger partial charge on any atom is -0.478 e. The van der Waals surface area contributed by atoms with Crippen molar-refractivity contribution in [2.45, 2.75) is 38.9 Å². The summed E-state index contributed by atoms with van der Waals surface area (Å²) in [6, 6.07) is 5.91. The number of rotatable bonds is 7. The van der Waals surface area contributed by atoms with Crippen LogP contribution < -0.4 is 25.8 Å². The number of nitrogens with zero attached hydrogens (tertiary/aromatic N) is 3. The van der Waals surface area contributed by atoms with Crippen molar-refractivity contribution in [3.05, 3.63) is 51.7 Å². The van der Waals surface area contributed by atoms with Gasteiger partial charge in [-0.3, -0.25) is 9.59 Å². The van der Waals surface area contributed by atoms with E-state index in [-0.39, 0.29) is 29.5 Å². The second kappa shape index (κ2) is 10.7. The van der Waals surface area contributed by atoms with Crippen LogP contribution in [0, 0.1) is 5.82 Å². The first-order valence-electron chi connectivity index (χ1n) is 11.7. The molecule has 4 rings (SSSR count). The first kappa shape index (κ1) is 25.7. The molecular formula is C25H28ClF2N5O3. The molecule has 0 aliphatic carbocycles. The molecule has 0 unspecified atom stereocenters. The molecule has 0 spiro atoms. The van der Waals surface area contributed by atoms with Crippen molar-refractivity contribution in [2.24, 2.45) is 0 Å². The number of carbonyl (C=O) groups is 1. The van der Waals surface area contributed by atoms with Gasteiger partial charge in [-0.05, 0) is 44.9 Å². The molecule has 1 aromatic carbocycles. The number of benzene rings is 1. The lowest BCUT2D eigenvalue weighted by molar-refractivity contribution is -0.122. The number of nitrogens with one attached hydrogen (secondary N) is 2. The Bertz CT molecular complexity index is 1340. The van der Waals surface area contributed by atoms with Gasteiger partial charge in [0.15, 0.2) is 18.2 Å². The molecule has 1 amide bonds. The lowest BCUT2D eigenvalue weighted by Gasteiger charge is -2.30. The highest BCUT2D eigenvalue weighted by atomic mass is 35.5. The average molecular weight is 520 g/mol. The summed E-state index contributed by atoms with van der Waals surface area (Å²) in [4.78, 5) is 30.9. The number of hydrogen-bond acceptors (Lipinski definition) is 6.